The van der Waals surface area contributed by atoms with Gasteiger partial charge >= 0.3 is 12.0 Å². The van der Waals surface area contributed by atoms with Crippen LogP contribution in [0.15, 0.2) is 60.7 Å². The number of carbonyl (C=O) groups is 2. The Kier molecular flexibility index (Phi) is 7.60. The molecule has 2 aromatic carbocycles. The van der Waals surface area contributed by atoms with Crippen LogP contribution in [0.3, 0.4) is 0 Å². The monoisotopic (exact) mass is 468 g/mol. The number of unbranched alkanes of at least 4 members (excludes halogenated alkanes) is 1. The molecular formula is C26H32N2O4S. The van der Waals surface area contributed by atoms with Crippen LogP contribution in [0.25, 0.3) is 0 Å². The molecule has 1 N–H and O–H groups in total. The molecule has 33 heavy (non-hydrogen) atoms. The Hall–Kier alpha value is -2.51. The summed E-state index contributed by atoms with van der Waals surface area (Å²) in [6.07, 6.45) is 2.27. The number of hydrogen-bond donors (Lipinski definition) is 1. The van der Waals surface area contributed by atoms with Crippen LogP contribution in [0.1, 0.15) is 43.7 Å². The molecule has 2 aromatic rings. The largest absolute Gasteiger partial charge is 0.466 e. The number of carbonyl (C=O) groups excluding carboxylic acids is 2. The minimum absolute atomic E-state index is 0.0250. The van der Waals surface area contributed by atoms with Crippen LogP contribution in [-0.2, 0) is 22.6 Å². The van der Waals surface area contributed by atoms with Crippen molar-refractivity contribution >= 4 is 23.8 Å². The summed E-state index contributed by atoms with van der Waals surface area (Å²) in [6.45, 7) is 3.19. The number of fused-ring (bicyclic) bond motifs is 1. The Bertz CT molecular complexity index is 942. The van der Waals surface area contributed by atoms with E-state index in [4.69, 9.17) is 4.74 Å². The fourth-order valence-electron chi connectivity index (χ4n) is 4.86. The van der Waals surface area contributed by atoms with Gasteiger partial charge in [-0.25, -0.2) is 4.79 Å². The van der Waals surface area contributed by atoms with Gasteiger partial charge in [0.1, 0.15) is 4.93 Å². The van der Waals surface area contributed by atoms with E-state index < -0.39 is 4.93 Å². The molecule has 3 atom stereocenters. The molecule has 2 saturated heterocycles. The number of aliphatic hydroxyl groups is 1. The molecule has 2 amide bonds. The Morgan fingerprint density at radius 2 is 1.64 bits per heavy atom. The number of amides is 2. The lowest BCUT2D eigenvalue weighted by atomic mass is 9.97. The van der Waals surface area contributed by atoms with Crippen LogP contribution in [0.2, 0.25) is 0 Å². The van der Waals surface area contributed by atoms with Gasteiger partial charge in [-0.3, -0.25) is 4.79 Å². The lowest BCUT2D eigenvalue weighted by molar-refractivity contribution is -0.143. The van der Waals surface area contributed by atoms with E-state index in [0.717, 1.165) is 11.1 Å². The number of urea groups is 1. The summed E-state index contributed by atoms with van der Waals surface area (Å²) >= 11 is 1.54. The van der Waals surface area contributed by atoms with Crippen molar-refractivity contribution < 1.29 is 19.4 Å². The highest BCUT2D eigenvalue weighted by Crippen LogP contribution is 2.48. The van der Waals surface area contributed by atoms with Gasteiger partial charge in [-0.05, 0) is 37.3 Å². The molecule has 176 valence electrons. The first kappa shape index (κ1) is 23.6. The fraction of sp³-hybridized carbons (Fsp3) is 0.462. The third kappa shape index (κ3) is 5.36. The van der Waals surface area contributed by atoms with Gasteiger partial charge in [0.25, 0.3) is 0 Å². The first-order valence-corrected chi connectivity index (χ1v) is 12.7. The van der Waals surface area contributed by atoms with E-state index in [9.17, 15) is 14.7 Å². The predicted octanol–water partition coefficient (Wildman–Crippen LogP) is 4.42. The molecule has 2 aliphatic heterocycles. The van der Waals surface area contributed by atoms with Crippen molar-refractivity contribution in [2.75, 3.05) is 12.4 Å². The summed E-state index contributed by atoms with van der Waals surface area (Å²) in [7, 11) is 0. The number of thioether (sulfide) groups is 1. The maximum absolute atomic E-state index is 13.6. The first-order valence-electron chi connectivity index (χ1n) is 11.7. The van der Waals surface area contributed by atoms with E-state index in [1.165, 1.54) is 0 Å². The van der Waals surface area contributed by atoms with E-state index in [0.29, 0.717) is 51.1 Å². The normalized spacial score (nSPS) is 24.2. The molecule has 0 radical (unpaired) electrons. The molecule has 0 aliphatic carbocycles. The van der Waals surface area contributed by atoms with Crippen molar-refractivity contribution in [3.8, 4) is 0 Å². The highest BCUT2D eigenvalue weighted by molar-refractivity contribution is 8.00. The number of nitrogens with zero attached hydrogens (tertiary/aromatic N) is 2. The van der Waals surface area contributed by atoms with Crippen molar-refractivity contribution in [2.45, 2.75) is 62.7 Å². The molecule has 2 heterocycles. The predicted molar refractivity (Wildman–Crippen MR) is 129 cm³/mol. The van der Waals surface area contributed by atoms with Gasteiger partial charge < -0.3 is 19.6 Å². The van der Waals surface area contributed by atoms with Crippen molar-refractivity contribution in [1.82, 2.24) is 9.80 Å². The molecule has 0 spiro atoms. The SMILES string of the molecule is CCOC(=O)CCCCC1(O)SC[C@@H]2[C@H]1N(Cc1ccccc1)C(=O)N2Cc1ccccc1. The number of hydrogen-bond acceptors (Lipinski definition) is 5. The quantitative estimate of drug-likeness (QED) is 0.318. The summed E-state index contributed by atoms with van der Waals surface area (Å²) in [6, 6.07) is 19.6. The van der Waals surface area contributed by atoms with Crippen molar-refractivity contribution in [3.63, 3.8) is 0 Å². The molecule has 6 nitrogen and oxygen atoms in total. The Morgan fingerprint density at radius 1 is 1.03 bits per heavy atom. The fourth-order valence-corrected chi connectivity index (χ4v) is 6.42. The smallest absolute Gasteiger partial charge is 0.321 e. The maximum Gasteiger partial charge on any atom is 0.321 e. The zero-order valence-corrected chi connectivity index (χ0v) is 19.9. The van der Waals surface area contributed by atoms with E-state index in [1.807, 2.05) is 70.5 Å². The second kappa shape index (κ2) is 10.6. The number of rotatable bonds is 10. The minimum Gasteiger partial charge on any atom is -0.466 e. The second-order valence-corrected chi connectivity index (χ2v) is 10.0. The van der Waals surface area contributed by atoms with E-state index >= 15 is 0 Å². The van der Waals surface area contributed by atoms with Crippen LogP contribution >= 0.6 is 11.8 Å². The summed E-state index contributed by atoms with van der Waals surface area (Å²) in [5.74, 6) is 0.500. The lowest BCUT2D eigenvalue weighted by Crippen LogP contribution is -2.48. The zero-order valence-electron chi connectivity index (χ0n) is 19.1. The van der Waals surface area contributed by atoms with Gasteiger partial charge in [-0.1, -0.05) is 60.7 Å². The van der Waals surface area contributed by atoms with Crippen LogP contribution in [0.4, 0.5) is 4.79 Å². The molecule has 1 unspecified atom stereocenters. The van der Waals surface area contributed by atoms with Crippen molar-refractivity contribution in [1.29, 1.82) is 0 Å². The summed E-state index contributed by atoms with van der Waals surface area (Å²) < 4.78 is 5.01. The molecule has 7 heteroatoms. The van der Waals surface area contributed by atoms with E-state index in [-0.39, 0.29) is 24.1 Å². The Balaban J connectivity index is 1.51. The topological polar surface area (TPSA) is 70.1 Å². The third-order valence-corrected chi connectivity index (χ3v) is 7.87. The summed E-state index contributed by atoms with van der Waals surface area (Å²) in [4.78, 5) is 28.0. The van der Waals surface area contributed by atoms with Crippen LogP contribution < -0.4 is 0 Å². The van der Waals surface area contributed by atoms with E-state index in [2.05, 4.69) is 0 Å². The third-order valence-electron chi connectivity index (χ3n) is 6.42. The average molecular weight is 469 g/mol. The zero-order chi connectivity index (χ0) is 23.3. The molecule has 2 aliphatic rings. The number of esters is 1. The molecule has 4 rings (SSSR count). The minimum atomic E-state index is -1.03. The Labute approximate surface area is 199 Å². The van der Waals surface area contributed by atoms with Crippen molar-refractivity contribution in [2.24, 2.45) is 0 Å². The van der Waals surface area contributed by atoms with Gasteiger partial charge in [-0.15, -0.1) is 11.8 Å². The lowest BCUT2D eigenvalue weighted by Gasteiger charge is -2.34. The number of benzene rings is 2. The van der Waals surface area contributed by atoms with Gasteiger partial charge in [-0.2, -0.15) is 0 Å². The molecule has 0 aromatic heterocycles. The molecule has 0 bridgehead atoms. The van der Waals surface area contributed by atoms with Gasteiger partial charge in [0.15, 0.2) is 0 Å². The Morgan fingerprint density at radius 3 is 2.24 bits per heavy atom. The molecular weight excluding hydrogens is 436 g/mol. The standard InChI is InChI=1S/C26H32N2O4S/c1-2-32-23(29)15-9-10-16-26(31)24-22(19-33-26)27(17-20-11-5-3-6-12-20)25(30)28(24)18-21-13-7-4-8-14-21/h3-8,11-14,22,24,31H,2,9-10,15-19H2,1H3/t22-,24-,26?/m1/s1. The maximum atomic E-state index is 13.6. The van der Waals surface area contributed by atoms with Crippen LogP contribution in [0.5, 0.6) is 0 Å². The first-order chi connectivity index (χ1) is 16.0. The highest BCUT2D eigenvalue weighted by atomic mass is 32.2. The number of ether oxygens (including phenoxy) is 1. The van der Waals surface area contributed by atoms with E-state index in [1.54, 1.807) is 18.7 Å². The van der Waals surface area contributed by atoms with Gasteiger partial charge in [0.2, 0.25) is 0 Å². The second-order valence-electron chi connectivity index (χ2n) is 8.69. The molecule has 0 saturated carbocycles. The molecule has 2 fully saturated rings. The van der Waals surface area contributed by atoms with Crippen LogP contribution in [-0.4, -0.2) is 56.3 Å². The highest BCUT2D eigenvalue weighted by Gasteiger charge is 2.59. The summed E-state index contributed by atoms with van der Waals surface area (Å²) in [5, 5.41) is 11.7. The van der Waals surface area contributed by atoms with Gasteiger partial charge in [0, 0.05) is 25.3 Å². The average Bonchev–Trinajstić information content (AvgIpc) is 3.29. The van der Waals surface area contributed by atoms with Crippen molar-refractivity contribution in [3.05, 3.63) is 71.8 Å². The van der Waals surface area contributed by atoms with Gasteiger partial charge in [0.05, 0.1) is 18.7 Å². The van der Waals surface area contributed by atoms with Crippen LogP contribution in [0, 0.1) is 0 Å². The summed E-state index contributed by atoms with van der Waals surface area (Å²) in [5.41, 5.74) is 2.13.